The van der Waals surface area contributed by atoms with Crippen LogP contribution in [0.1, 0.15) is 10.5 Å². The molecule has 1 aromatic carbocycles. The number of amides is 1. The molecule has 0 fully saturated rings. The summed E-state index contributed by atoms with van der Waals surface area (Å²) >= 11 is 1.43. The summed E-state index contributed by atoms with van der Waals surface area (Å²) < 4.78 is 15.1. The van der Waals surface area contributed by atoms with Crippen molar-refractivity contribution in [1.29, 1.82) is 0 Å². The molecule has 0 unspecified atom stereocenters. The molecule has 1 amide bonds. The molecule has 0 saturated heterocycles. The highest BCUT2D eigenvalue weighted by atomic mass is 32.1. The second-order valence-electron chi connectivity index (χ2n) is 4.87. The highest BCUT2D eigenvalue weighted by Crippen LogP contribution is 2.36. The molecule has 0 aliphatic carbocycles. The molecule has 22 heavy (non-hydrogen) atoms. The van der Waals surface area contributed by atoms with Crippen molar-refractivity contribution in [1.82, 2.24) is 14.3 Å². The smallest absolute Gasteiger partial charge is 0.297 e. The molecule has 112 valence electrons. The average Bonchev–Trinajstić information content (AvgIpc) is 3.18. The maximum absolute atomic E-state index is 12.2. The molecule has 8 heteroatoms. The van der Waals surface area contributed by atoms with Crippen molar-refractivity contribution in [2.75, 3.05) is 6.79 Å². The van der Waals surface area contributed by atoms with E-state index in [4.69, 9.17) is 9.47 Å². The van der Waals surface area contributed by atoms with Crippen LogP contribution < -0.4 is 14.3 Å². The highest BCUT2D eigenvalue weighted by molar-refractivity contribution is 7.16. The second kappa shape index (κ2) is 4.70. The summed E-state index contributed by atoms with van der Waals surface area (Å²) in [6.07, 6.45) is 1.58. The molecule has 0 spiro atoms. The minimum Gasteiger partial charge on any atom is -0.454 e. The van der Waals surface area contributed by atoms with Crippen molar-refractivity contribution < 1.29 is 14.3 Å². The van der Waals surface area contributed by atoms with Gasteiger partial charge in [0.05, 0.1) is 10.2 Å². The lowest BCUT2D eigenvalue weighted by Crippen LogP contribution is -2.14. The van der Waals surface area contributed by atoms with E-state index >= 15 is 0 Å². The van der Waals surface area contributed by atoms with Crippen LogP contribution in [0.2, 0.25) is 0 Å². The number of carbonyl (C=O) groups is 1. The lowest BCUT2D eigenvalue weighted by molar-refractivity contribution is 0.0989. The number of aryl methyl sites for hydroxylation is 2. The van der Waals surface area contributed by atoms with E-state index in [-0.39, 0.29) is 12.7 Å². The quantitative estimate of drug-likeness (QED) is 0.681. The Morgan fingerprint density at radius 3 is 2.82 bits per heavy atom. The summed E-state index contributed by atoms with van der Waals surface area (Å²) in [7, 11) is 3.59. The first-order valence-corrected chi connectivity index (χ1v) is 7.41. The van der Waals surface area contributed by atoms with Gasteiger partial charge in [-0.05, 0) is 6.07 Å². The molecule has 1 aliphatic rings. The Hall–Kier alpha value is -2.61. The molecule has 7 nitrogen and oxygen atoms in total. The van der Waals surface area contributed by atoms with Gasteiger partial charge in [-0.3, -0.25) is 9.48 Å². The van der Waals surface area contributed by atoms with Crippen molar-refractivity contribution in [2.24, 2.45) is 19.1 Å². The zero-order valence-corrected chi connectivity index (χ0v) is 12.8. The maximum atomic E-state index is 12.2. The van der Waals surface area contributed by atoms with E-state index in [9.17, 15) is 4.79 Å². The molecule has 0 N–H and O–H groups in total. The molecule has 3 heterocycles. The van der Waals surface area contributed by atoms with Gasteiger partial charge in [0.15, 0.2) is 16.3 Å². The Morgan fingerprint density at radius 2 is 2.09 bits per heavy atom. The van der Waals surface area contributed by atoms with Crippen molar-refractivity contribution >= 4 is 27.5 Å². The minimum atomic E-state index is -0.317. The van der Waals surface area contributed by atoms with Crippen molar-refractivity contribution in [3.8, 4) is 11.5 Å². The predicted molar refractivity (Wildman–Crippen MR) is 80.0 cm³/mol. The van der Waals surface area contributed by atoms with Crippen molar-refractivity contribution in [2.45, 2.75) is 0 Å². The predicted octanol–water partition coefficient (Wildman–Crippen LogP) is 1.44. The van der Waals surface area contributed by atoms with Gasteiger partial charge < -0.3 is 14.0 Å². The fourth-order valence-corrected chi connectivity index (χ4v) is 3.38. The number of fused-ring (bicyclic) bond motifs is 2. The summed E-state index contributed by atoms with van der Waals surface area (Å²) in [5.41, 5.74) is 1.40. The SMILES string of the molecule is Cn1nccc1C(=O)N=c1sc2cc3c(cc2n1C)OCO3. The maximum Gasteiger partial charge on any atom is 0.297 e. The van der Waals surface area contributed by atoms with E-state index < -0.39 is 0 Å². The number of nitrogens with zero attached hydrogens (tertiary/aromatic N) is 4. The molecule has 3 aromatic rings. The van der Waals surface area contributed by atoms with Gasteiger partial charge in [0, 0.05) is 32.4 Å². The normalized spacial score (nSPS) is 14.0. The van der Waals surface area contributed by atoms with Crippen LogP contribution in [0.4, 0.5) is 0 Å². The largest absolute Gasteiger partial charge is 0.454 e. The molecule has 2 aromatic heterocycles. The van der Waals surface area contributed by atoms with Crippen LogP contribution in [-0.2, 0) is 14.1 Å². The number of carbonyl (C=O) groups excluding carboxylic acids is 1. The van der Waals surface area contributed by atoms with E-state index in [1.807, 2.05) is 23.7 Å². The Morgan fingerprint density at radius 1 is 1.32 bits per heavy atom. The van der Waals surface area contributed by atoms with Gasteiger partial charge in [-0.15, -0.1) is 0 Å². The van der Waals surface area contributed by atoms with Crippen molar-refractivity contribution in [3.63, 3.8) is 0 Å². The molecule has 4 rings (SSSR count). The van der Waals surface area contributed by atoms with Crippen LogP contribution >= 0.6 is 11.3 Å². The Labute approximate surface area is 129 Å². The number of ether oxygens (including phenoxy) is 2. The van der Waals surface area contributed by atoms with E-state index in [1.54, 1.807) is 19.3 Å². The molecule has 1 aliphatic heterocycles. The summed E-state index contributed by atoms with van der Waals surface area (Å²) in [5, 5.41) is 3.99. The number of thiazole rings is 1. The summed E-state index contributed by atoms with van der Waals surface area (Å²) in [6, 6.07) is 5.47. The van der Waals surface area contributed by atoms with Gasteiger partial charge in [-0.1, -0.05) is 11.3 Å². The van der Waals surface area contributed by atoms with Crippen LogP contribution in [0.5, 0.6) is 11.5 Å². The lowest BCUT2D eigenvalue weighted by Gasteiger charge is -1.98. The van der Waals surface area contributed by atoms with E-state index in [2.05, 4.69) is 10.1 Å². The molecule has 0 saturated carbocycles. The molecule has 0 atom stereocenters. The number of benzene rings is 1. The third-order valence-electron chi connectivity index (χ3n) is 3.54. The standard InChI is InChI=1S/C14H12N4O3S/c1-17-9-5-10-11(21-7-20-10)6-12(9)22-14(17)16-13(19)8-3-4-15-18(8)2/h3-6H,7H2,1-2H3. The first-order chi connectivity index (χ1) is 10.6. The first kappa shape index (κ1) is 13.1. The van der Waals surface area contributed by atoms with Gasteiger partial charge in [0.2, 0.25) is 6.79 Å². The van der Waals surface area contributed by atoms with Gasteiger partial charge >= 0.3 is 0 Å². The van der Waals surface area contributed by atoms with Crippen LogP contribution in [0.15, 0.2) is 29.4 Å². The molecule has 0 radical (unpaired) electrons. The van der Waals surface area contributed by atoms with Gasteiger partial charge in [0.25, 0.3) is 5.91 Å². The third kappa shape index (κ3) is 1.92. The first-order valence-electron chi connectivity index (χ1n) is 6.60. The Balaban J connectivity index is 1.86. The Bertz CT molecular complexity index is 966. The van der Waals surface area contributed by atoms with Crippen LogP contribution in [0.3, 0.4) is 0 Å². The number of rotatable bonds is 1. The monoisotopic (exact) mass is 316 g/mol. The zero-order valence-electron chi connectivity index (χ0n) is 11.9. The summed E-state index contributed by atoms with van der Waals surface area (Å²) in [6.45, 7) is 0.243. The van der Waals surface area contributed by atoms with E-state index in [0.29, 0.717) is 16.2 Å². The van der Waals surface area contributed by atoms with Crippen LogP contribution in [0.25, 0.3) is 10.2 Å². The van der Waals surface area contributed by atoms with Crippen molar-refractivity contribution in [3.05, 3.63) is 34.9 Å². The van der Waals surface area contributed by atoms with E-state index in [1.165, 1.54) is 16.0 Å². The fourth-order valence-electron chi connectivity index (χ4n) is 2.35. The average molecular weight is 316 g/mol. The molecular formula is C14H12N4O3S. The van der Waals surface area contributed by atoms with Crippen LogP contribution in [-0.4, -0.2) is 27.0 Å². The topological polar surface area (TPSA) is 70.6 Å². The van der Waals surface area contributed by atoms with Gasteiger partial charge in [-0.2, -0.15) is 10.1 Å². The summed E-state index contributed by atoms with van der Waals surface area (Å²) in [5.74, 6) is 1.12. The third-order valence-corrected chi connectivity index (χ3v) is 4.64. The summed E-state index contributed by atoms with van der Waals surface area (Å²) in [4.78, 5) is 17.1. The molecular weight excluding hydrogens is 304 g/mol. The fraction of sp³-hybridized carbons (Fsp3) is 0.214. The Kier molecular flexibility index (Phi) is 2.80. The van der Waals surface area contributed by atoms with E-state index in [0.717, 1.165) is 16.0 Å². The van der Waals surface area contributed by atoms with Gasteiger partial charge in [0.1, 0.15) is 5.69 Å². The lowest BCUT2D eigenvalue weighted by atomic mass is 10.3. The highest BCUT2D eigenvalue weighted by Gasteiger charge is 2.17. The number of hydrogen-bond donors (Lipinski definition) is 0. The van der Waals surface area contributed by atoms with Gasteiger partial charge in [-0.25, -0.2) is 0 Å². The zero-order chi connectivity index (χ0) is 15.3. The number of hydrogen-bond acceptors (Lipinski definition) is 5. The second-order valence-corrected chi connectivity index (χ2v) is 5.88. The number of aromatic nitrogens is 3. The minimum absolute atomic E-state index is 0.243. The van der Waals surface area contributed by atoms with Crippen LogP contribution in [0, 0.1) is 0 Å². The molecule has 0 bridgehead atoms.